The van der Waals surface area contributed by atoms with E-state index in [0.717, 1.165) is 5.92 Å². The predicted octanol–water partition coefficient (Wildman–Crippen LogP) is 4.74. The average molecular weight is 323 g/mol. The zero-order valence-corrected chi connectivity index (χ0v) is 16.2. The number of fused-ring (bicyclic) bond motifs is 1. The molecule has 1 heterocycles. The molecule has 2 aliphatic rings. The van der Waals surface area contributed by atoms with Crippen molar-refractivity contribution in [3.8, 4) is 0 Å². The lowest BCUT2D eigenvalue weighted by molar-refractivity contribution is 0.168. The Morgan fingerprint density at radius 3 is 2.55 bits per heavy atom. The van der Waals surface area contributed by atoms with Gasteiger partial charge >= 0.3 is 0 Å². The van der Waals surface area contributed by atoms with Gasteiger partial charge in [0.1, 0.15) is 7.85 Å². The molecule has 1 aliphatic heterocycles. The first-order chi connectivity index (χ1) is 10.2. The molecule has 4 heteroatoms. The van der Waals surface area contributed by atoms with Crippen LogP contribution >= 0.6 is 11.8 Å². The summed E-state index contributed by atoms with van der Waals surface area (Å²) in [5.74, 6) is 1.46. The molecule has 1 saturated carbocycles. The lowest BCUT2D eigenvalue weighted by Gasteiger charge is -2.39. The molecule has 22 heavy (non-hydrogen) atoms. The summed E-state index contributed by atoms with van der Waals surface area (Å²) >= 11 is 1.62. The van der Waals surface area contributed by atoms with Gasteiger partial charge < -0.3 is 4.90 Å². The molecule has 4 atom stereocenters. The number of rotatable bonds is 2. The molecule has 2 nitrogen and oxygen atoms in total. The zero-order chi connectivity index (χ0) is 16.5. The van der Waals surface area contributed by atoms with Crippen molar-refractivity contribution in [2.24, 2.45) is 11.8 Å². The van der Waals surface area contributed by atoms with E-state index in [-0.39, 0.29) is 0 Å². The second-order valence-corrected chi connectivity index (χ2v) is 9.78. The van der Waals surface area contributed by atoms with E-state index in [4.69, 9.17) is 0 Å². The van der Waals surface area contributed by atoms with Gasteiger partial charge in [-0.2, -0.15) is 0 Å². The molecule has 0 spiro atoms. The van der Waals surface area contributed by atoms with E-state index in [9.17, 15) is 4.79 Å². The van der Waals surface area contributed by atoms with Gasteiger partial charge in [-0.15, -0.1) is 0 Å². The van der Waals surface area contributed by atoms with Gasteiger partial charge in [-0.3, -0.25) is 4.79 Å². The molecule has 0 aromatic carbocycles. The lowest BCUT2D eigenvalue weighted by Crippen LogP contribution is -2.42. The van der Waals surface area contributed by atoms with Crippen LogP contribution in [0.15, 0.2) is 0 Å². The fraction of sp³-hybridized carbons (Fsp3) is 0.944. The van der Waals surface area contributed by atoms with Crippen molar-refractivity contribution in [3.63, 3.8) is 0 Å². The number of nitrogens with zero attached hydrogens (tertiary/aromatic N) is 1. The zero-order valence-electron chi connectivity index (χ0n) is 15.4. The molecule has 2 fully saturated rings. The number of hydrogen-bond acceptors (Lipinski definition) is 2. The first-order valence-electron chi connectivity index (χ1n) is 9.23. The van der Waals surface area contributed by atoms with Crippen LogP contribution in [-0.4, -0.2) is 35.3 Å². The fourth-order valence-electron chi connectivity index (χ4n) is 4.49. The SMILES string of the molecule is BC1(C(C)C)CCCCC2C(CC(C)C1)SC(=O)N2C(C)C. The van der Waals surface area contributed by atoms with Crippen molar-refractivity contribution in [1.82, 2.24) is 4.90 Å². The summed E-state index contributed by atoms with van der Waals surface area (Å²) in [5.41, 5.74) is 0. The molecule has 0 bridgehead atoms. The second kappa shape index (κ2) is 7.19. The highest BCUT2D eigenvalue weighted by atomic mass is 32.2. The largest absolute Gasteiger partial charge is 0.327 e. The van der Waals surface area contributed by atoms with Gasteiger partial charge in [-0.1, -0.05) is 63.5 Å². The Kier molecular flexibility index (Phi) is 5.96. The molecular weight excluding hydrogens is 289 g/mol. The summed E-state index contributed by atoms with van der Waals surface area (Å²) in [4.78, 5) is 14.6. The van der Waals surface area contributed by atoms with Crippen LogP contribution in [-0.2, 0) is 0 Å². The Morgan fingerprint density at radius 1 is 1.27 bits per heavy atom. The second-order valence-electron chi connectivity index (χ2n) is 8.59. The van der Waals surface area contributed by atoms with Crippen molar-refractivity contribution >= 4 is 24.8 Å². The fourth-order valence-corrected chi connectivity index (χ4v) is 6.07. The molecule has 0 aromatic rings. The van der Waals surface area contributed by atoms with Crippen LogP contribution in [0, 0.1) is 11.8 Å². The summed E-state index contributed by atoms with van der Waals surface area (Å²) in [6.07, 6.45) is 7.64. The Labute approximate surface area is 142 Å². The maximum Gasteiger partial charge on any atom is 0.282 e. The normalized spacial score (nSPS) is 37.7. The van der Waals surface area contributed by atoms with Gasteiger partial charge in [0.15, 0.2) is 0 Å². The summed E-state index contributed by atoms with van der Waals surface area (Å²) in [5, 5.41) is 1.31. The van der Waals surface area contributed by atoms with Gasteiger partial charge in [-0.05, 0) is 38.5 Å². The van der Waals surface area contributed by atoms with E-state index >= 15 is 0 Å². The summed E-state index contributed by atoms with van der Waals surface area (Å²) in [6.45, 7) is 11.5. The van der Waals surface area contributed by atoms with Crippen LogP contribution in [0.2, 0.25) is 5.31 Å². The number of thioether (sulfide) groups is 1. The van der Waals surface area contributed by atoms with E-state index in [1.165, 1.54) is 38.5 Å². The third kappa shape index (κ3) is 3.86. The Bertz CT molecular complexity index is 401. The summed E-state index contributed by atoms with van der Waals surface area (Å²) in [6, 6.07) is 0.817. The van der Waals surface area contributed by atoms with Crippen molar-refractivity contribution in [2.75, 3.05) is 0 Å². The molecular formula is C18H34BNOS. The number of carbonyl (C=O) groups excluding carboxylic acids is 1. The standard InChI is InChI=1S/C18H34BNOS/c1-12(2)18(19)9-7-6-8-15-16(10-14(5)11-18)22-17(21)20(15)13(3)4/h12-16H,6-11,19H2,1-5H3. The molecule has 1 amide bonds. The van der Waals surface area contributed by atoms with Crippen LogP contribution in [0.1, 0.15) is 73.1 Å². The number of hydrogen-bond donors (Lipinski definition) is 0. The minimum Gasteiger partial charge on any atom is -0.327 e. The highest BCUT2D eigenvalue weighted by molar-refractivity contribution is 8.14. The lowest BCUT2D eigenvalue weighted by atomic mass is 9.55. The minimum absolute atomic E-state index is 0.322. The first-order valence-corrected chi connectivity index (χ1v) is 10.1. The summed E-state index contributed by atoms with van der Waals surface area (Å²) in [7, 11) is 2.49. The smallest absolute Gasteiger partial charge is 0.282 e. The van der Waals surface area contributed by atoms with Crippen LogP contribution in [0.4, 0.5) is 4.79 Å². The first kappa shape index (κ1) is 18.2. The van der Waals surface area contributed by atoms with Crippen molar-refractivity contribution < 1.29 is 4.79 Å². The highest BCUT2D eigenvalue weighted by Gasteiger charge is 2.43. The van der Waals surface area contributed by atoms with E-state index in [2.05, 4.69) is 47.4 Å². The van der Waals surface area contributed by atoms with Crippen LogP contribution in [0.3, 0.4) is 0 Å². The van der Waals surface area contributed by atoms with Gasteiger partial charge in [0.2, 0.25) is 0 Å². The van der Waals surface area contributed by atoms with Crippen LogP contribution in [0.25, 0.3) is 0 Å². The Hall–Kier alpha value is -0.115. The molecule has 4 unspecified atom stereocenters. The van der Waals surface area contributed by atoms with Crippen molar-refractivity contribution in [2.45, 2.75) is 95.8 Å². The van der Waals surface area contributed by atoms with Gasteiger partial charge in [0.25, 0.3) is 5.24 Å². The van der Waals surface area contributed by atoms with Gasteiger partial charge in [-0.25, -0.2) is 0 Å². The molecule has 0 radical (unpaired) electrons. The topological polar surface area (TPSA) is 20.3 Å². The van der Waals surface area contributed by atoms with E-state index in [1.807, 2.05) is 0 Å². The van der Waals surface area contributed by atoms with Gasteiger partial charge in [0.05, 0.1) is 0 Å². The molecule has 1 aliphatic carbocycles. The average Bonchev–Trinajstić information content (AvgIpc) is 2.69. The Balaban J connectivity index is 2.14. The maximum atomic E-state index is 12.4. The van der Waals surface area contributed by atoms with Crippen molar-refractivity contribution in [1.29, 1.82) is 0 Å². The Morgan fingerprint density at radius 2 is 1.95 bits per heavy atom. The van der Waals surface area contributed by atoms with Crippen LogP contribution < -0.4 is 0 Å². The quantitative estimate of drug-likeness (QED) is 0.684. The molecule has 1 saturated heterocycles. The number of amides is 1. The van der Waals surface area contributed by atoms with Crippen molar-refractivity contribution in [3.05, 3.63) is 0 Å². The van der Waals surface area contributed by atoms with Crippen LogP contribution in [0.5, 0.6) is 0 Å². The molecule has 0 aromatic heterocycles. The summed E-state index contributed by atoms with van der Waals surface area (Å²) < 4.78 is 0. The predicted molar refractivity (Wildman–Crippen MR) is 100 cm³/mol. The number of carbonyl (C=O) groups is 1. The monoisotopic (exact) mass is 323 g/mol. The van der Waals surface area contributed by atoms with E-state index in [1.54, 1.807) is 11.8 Å². The van der Waals surface area contributed by atoms with E-state index in [0.29, 0.717) is 33.8 Å². The third-order valence-electron chi connectivity index (χ3n) is 6.15. The van der Waals surface area contributed by atoms with Gasteiger partial charge in [0, 0.05) is 17.3 Å². The third-order valence-corrected chi connectivity index (χ3v) is 7.37. The molecule has 0 N–H and O–H groups in total. The molecule has 126 valence electrons. The minimum atomic E-state index is 0.322. The molecule has 2 rings (SSSR count). The van der Waals surface area contributed by atoms with E-state index < -0.39 is 0 Å². The highest BCUT2D eigenvalue weighted by Crippen LogP contribution is 2.48. The maximum absolute atomic E-state index is 12.4.